The monoisotopic (exact) mass is 405 g/mol. The number of anilines is 1. The largest absolute Gasteiger partial charge is 0.310 e. The van der Waals surface area contributed by atoms with Crippen LogP contribution in [0.25, 0.3) is 16.8 Å². The first kappa shape index (κ1) is 20.0. The molecule has 154 valence electrons. The zero-order valence-corrected chi connectivity index (χ0v) is 16.9. The van der Waals surface area contributed by atoms with Crippen molar-refractivity contribution < 1.29 is 9.18 Å². The SMILES string of the molecule is Cc1nn(-c2ccc(F)cc2)c(NC(=O)C2CCCCC2)c(-c2ccccc2)c1=O. The smallest absolute Gasteiger partial charge is 0.228 e. The van der Waals surface area contributed by atoms with Crippen molar-refractivity contribution in [3.63, 3.8) is 0 Å². The molecule has 0 radical (unpaired) electrons. The van der Waals surface area contributed by atoms with E-state index in [4.69, 9.17) is 0 Å². The second-order valence-corrected chi connectivity index (χ2v) is 7.72. The molecule has 1 aliphatic carbocycles. The molecule has 1 aliphatic rings. The maximum absolute atomic E-state index is 13.5. The molecule has 1 fully saturated rings. The minimum atomic E-state index is -0.368. The number of nitrogens with one attached hydrogen (secondary N) is 1. The van der Waals surface area contributed by atoms with Crippen molar-refractivity contribution in [2.75, 3.05) is 5.32 Å². The van der Waals surface area contributed by atoms with Crippen molar-refractivity contribution in [2.45, 2.75) is 39.0 Å². The fourth-order valence-electron chi connectivity index (χ4n) is 3.98. The van der Waals surface area contributed by atoms with E-state index in [1.54, 1.807) is 19.1 Å². The number of carbonyl (C=O) groups is 1. The van der Waals surface area contributed by atoms with Crippen molar-refractivity contribution in [1.82, 2.24) is 9.78 Å². The summed E-state index contributed by atoms with van der Waals surface area (Å²) >= 11 is 0. The minimum Gasteiger partial charge on any atom is -0.310 e. The van der Waals surface area contributed by atoms with Crippen molar-refractivity contribution in [3.05, 3.63) is 76.3 Å². The summed E-state index contributed by atoms with van der Waals surface area (Å²) in [4.78, 5) is 26.2. The average Bonchev–Trinajstić information content (AvgIpc) is 2.78. The van der Waals surface area contributed by atoms with Crippen LogP contribution >= 0.6 is 0 Å². The molecule has 0 aliphatic heterocycles. The Bertz CT molecular complexity index is 1100. The van der Waals surface area contributed by atoms with Gasteiger partial charge in [-0.2, -0.15) is 5.10 Å². The molecule has 30 heavy (non-hydrogen) atoms. The summed E-state index contributed by atoms with van der Waals surface area (Å²) in [5.41, 5.74) is 1.71. The van der Waals surface area contributed by atoms with Crippen LogP contribution < -0.4 is 10.7 Å². The van der Waals surface area contributed by atoms with Crippen LogP contribution in [0, 0.1) is 18.7 Å². The highest BCUT2D eigenvalue weighted by Gasteiger charge is 2.25. The normalized spacial score (nSPS) is 14.5. The van der Waals surface area contributed by atoms with Gasteiger partial charge in [-0.3, -0.25) is 9.59 Å². The summed E-state index contributed by atoms with van der Waals surface area (Å²) in [6.45, 7) is 1.64. The summed E-state index contributed by atoms with van der Waals surface area (Å²) in [5.74, 6) is -0.236. The van der Waals surface area contributed by atoms with Crippen LogP contribution in [0.1, 0.15) is 37.8 Å². The highest BCUT2D eigenvalue weighted by Crippen LogP contribution is 2.30. The number of hydrogen-bond donors (Lipinski definition) is 1. The number of rotatable bonds is 4. The van der Waals surface area contributed by atoms with Crippen LogP contribution in [0.15, 0.2) is 59.4 Å². The van der Waals surface area contributed by atoms with Gasteiger partial charge in [0.2, 0.25) is 11.3 Å². The molecule has 2 aromatic carbocycles. The minimum absolute atomic E-state index is 0.0829. The lowest BCUT2D eigenvalue weighted by Gasteiger charge is -2.23. The van der Waals surface area contributed by atoms with Crippen molar-refractivity contribution in [3.8, 4) is 16.8 Å². The summed E-state index contributed by atoms with van der Waals surface area (Å²) in [6, 6.07) is 15.1. The predicted octanol–water partition coefficient (Wildman–Crippen LogP) is 4.87. The predicted molar refractivity (Wildman–Crippen MR) is 115 cm³/mol. The Morgan fingerprint density at radius 2 is 1.70 bits per heavy atom. The molecule has 1 N–H and O–H groups in total. The summed E-state index contributed by atoms with van der Waals surface area (Å²) in [7, 11) is 0. The summed E-state index contributed by atoms with van der Waals surface area (Å²) in [5, 5.41) is 7.42. The van der Waals surface area contributed by atoms with Crippen molar-refractivity contribution in [1.29, 1.82) is 0 Å². The van der Waals surface area contributed by atoms with Gasteiger partial charge >= 0.3 is 0 Å². The molecule has 1 aromatic heterocycles. The molecule has 1 amide bonds. The quantitative estimate of drug-likeness (QED) is 0.674. The van der Waals surface area contributed by atoms with Gasteiger partial charge in [0.05, 0.1) is 11.3 Å². The first-order valence-corrected chi connectivity index (χ1v) is 10.3. The lowest BCUT2D eigenvalue weighted by atomic mass is 9.88. The Hall–Kier alpha value is -3.28. The van der Waals surface area contributed by atoms with Gasteiger partial charge in [-0.1, -0.05) is 49.6 Å². The fourth-order valence-corrected chi connectivity index (χ4v) is 3.98. The molecule has 1 saturated carbocycles. The lowest BCUT2D eigenvalue weighted by Crippen LogP contribution is -2.29. The maximum Gasteiger partial charge on any atom is 0.228 e. The van der Waals surface area contributed by atoms with Crippen LogP contribution in [-0.4, -0.2) is 15.7 Å². The van der Waals surface area contributed by atoms with E-state index in [9.17, 15) is 14.0 Å². The second kappa shape index (κ2) is 8.61. The van der Waals surface area contributed by atoms with E-state index in [0.717, 1.165) is 32.1 Å². The third-order valence-electron chi connectivity index (χ3n) is 5.61. The van der Waals surface area contributed by atoms with Gasteiger partial charge in [0.1, 0.15) is 17.3 Å². The molecule has 3 aromatic rings. The van der Waals surface area contributed by atoms with Crippen LogP contribution in [0.2, 0.25) is 0 Å². The molecule has 0 unspecified atom stereocenters. The molecule has 0 spiro atoms. The number of aromatic nitrogens is 2. The van der Waals surface area contributed by atoms with E-state index in [1.807, 2.05) is 30.3 Å². The third kappa shape index (κ3) is 4.03. The third-order valence-corrected chi connectivity index (χ3v) is 5.61. The highest BCUT2D eigenvalue weighted by atomic mass is 19.1. The van der Waals surface area contributed by atoms with E-state index in [-0.39, 0.29) is 23.1 Å². The number of amides is 1. The number of aryl methyl sites for hydroxylation is 1. The Morgan fingerprint density at radius 3 is 2.37 bits per heavy atom. The Kier molecular flexibility index (Phi) is 5.74. The average molecular weight is 405 g/mol. The van der Waals surface area contributed by atoms with Crippen molar-refractivity contribution in [2.24, 2.45) is 5.92 Å². The van der Waals surface area contributed by atoms with E-state index in [0.29, 0.717) is 28.3 Å². The molecule has 1 heterocycles. The molecule has 5 nitrogen and oxygen atoms in total. The Morgan fingerprint density at radius 1 is 1.03 bits per heavy atom. The van der Waals surface area contributed by atoms with Crippen LogP contribution in [0.5, 0.6) is 0 Å². The van der Waals surface area contributed by atoms with Gasteiger partial charge in [-0.15, -0.1) is 0 Å². The number of benzene rings is 2. The van der Waals surface area contributed by atoms with Gasteiger partial charge < -0.3 is 5.32 Å². The van der Waals surface area contributed by atoms with Gasteiger partial charge in [0, 0.05) is 5.92 Å². The first-order valence-electron chi connectivity index (χ1n) is 10.3. The number of carbonyl (C=O) groups excluding carboxylic acids is 1. The summed E-state index contributed by atoms with van der Waals surface area (Å²) in [6.07, 6.45) is 4.88. The highest BCUT2D eigenvalue weighted by molar-refractivity contribution is 5.96. The topological polar surface area (TPSA) is 64.0 Å². The van der Waals surface area contributed by atoms with E-state index >= 15 is 0 Å². The Balaban J connectivity index is 1.89. The zero-order chi connectivity index (χ0) is 21.1. The molecular formula is C24H24FN3O2. The van der Waals surface area contributed by atoms with Gasteiger partial charge in [0.15, 0.2) is 0 Å². The van der Waals surface area contributed by atoms with E-state index in [1.165, 1.54) is 16.8 Å². The van der Waals surface area contributed by atoms with E-state index in [2.05, 4.69) is 10.4 Å². The molecule has 0 bridgehead atoms. The van der Waals surface area contributed by atoms with Crippen molar-refractivity contribution >= 4 is 11.7 Å². The van der Waals surface area contributed by atoms with Gasteiger partial charge in [-0.25, -0.2) is 9.07 Å². The van der Waals surface area contributed by atoms with Gasteiger partial charge in [0.25, 0.3) is 0 Å². The summed E-state index contributed by atoms with van der Waals surface area (Å²) < 4.78 is 15.0. The maximum atomic E-state index is 13.5. The number of nitrogens with zero attached hydrogens (tertiary/aromatic N) is 2. The molecule has 4 rings (SSSR count). The molecule has 6 heteroatoms. The molecule has 0 atom stereocenters. The fraction of sp³-hybridized carbons (Fsp3) is 0.292. The van der Waals surface area contributed by atoms with Crippen LogP contribution in [0.3, 0.4) is 0 Å². The lowest BCUT2D eigenvalue weighted by molar-refractivity contribution is -0.120. The number of halogens is 1. The van der Waals surface area contributed by atoms with Crippen LogP contribution in [0.4, 0.5) is 10.2 Å². The van der Waals surface area contributed by atoms with Crippen LogP contribution in [-0.2, 0) is 4.79 Å². The molecule has 0 saturated heterocycles. The Labute approximate surface area is 174 Å². The number of hydrogen-bond acceptors (Lipinski definition) is 3. The zero-order valence-electron chi connectivity index (χ0n) is 16.9. The molecular weight excluding hydrogens is 381 g/mol. The first-order chi connectivity index (χ1) is 14.5. The standard InChI is InChI=1S/C24H24FN3O2/c1-16-22(29)21(17-8-4-2-5-9-17)23(26-24(30)18-10-6-3-7-11-18)28(27-16)20-14-12-19(25)13-15-20/h2,4-5,8-9,12-15,18H,3,6-7,10-11H2,1H3,(H,26,30). The second-order valence-electron chi connectivity index (χ2n) is 7.72. The van der Waals surface area contributed by atoms with Gasteiger partial charge in [-0.05, 0) is 49.6 Å². The van der Waals surface area contributed by atoms with E-state index < -0.39 is 0 Å².